The van der Waals surface area contributed by atoms with E-state index in [1.807, 2.05) is 0 Å². The van der Waals surface area contributed by atoms with Gasteiger partial charge in [-0.25, -0.2) is 0 Å². The number of rotatable bonds is 20. The summed E-state index contributed by atoms with van der Waals surface area (Å²) in [6.45, 7) is 2.28. The average molecular weight is 575 g/mol. The van der Waals surface area contributed by atoms with Gasteiger partial charge in [-0.3, -0.25) is 4.79 Å². The van der Waals surface area contributed by atoms with Crippen LogP contribution in [0.25, 0.3) is 0 Å². The summed E-state index contributed by atoms with van der Waals surface area (Å²) in [6.07, 6.45) is 24.1. The molecule has 0 unspecified atom stereocenters. The predicted molar refractivity (Wildman–Crippen MR) is 173 cm³/mol. The molecule has 2 heterocycles. The summed E-state index contributed by atoms with van der Waals surface area (Å²) in [5.41, 5.74) is 0. The summed E-state index contributed by atoms with van der Waals surface area (Å²) < 4.78 is 2.69. The molecule has 2 rings (SSSR count). The highest BCUT2D eigenvalue weighted by Crippen LogP contribution is 2.53. The number of unbranched alkanes of at least 4 members (excludes halogenated alkanes) is 16. The molecule has 0 atom stereocenters. The maximum absolute atomic E-state index is 12.3. The fourth-order valence-electron chi connectivity index (χ4n) is 4.20. The number of hydrogen-bond donors (Lipinski definition) is 0. The van der Waals surface area contributed by atoms with Crippen molar-refractivity contribution in [2.45, 2.75) is 135 Å². The van der Waals surface area contributed by atoms with E-state index in [0.717, 1.165) is 32.1 Å². The zero-order valence-electron chi connectivity index (χ0n) is 22.9. The molecule has 2 aliphatic heterocycles. The zero-order chi connectivity index (χ0) is 26.2. The number of allylic oxidation sites excluding steroid dienone is 1. The van der Waals surface area contributed by atoms with Crippen molar-refractivity contribution in [1.29, 1.82) is 0 Å². The van der Waals surface area contributed by atoms with Gasteiger partial charge in [0.1, 0.15) is 5.78 Å². The van der Waals surface area contributed by atoms with E-state index in [0.29, 0.717) is 12.2 Å². The number of Topliss-reactive ketones (excluding diaryl/α,β-unsaturated/α-hetero) is 1. The molecule has 0 N–H and O–H groups in total. The second-order valence-corrected chi connectivity index (χ2v) is 14.1. The molecule has 0 fully saturated rings. The predicted octanol–water partition coefficient (Wildman–Crippen LogP) is 11.8. The Morgan fingerprint density at radius 2 is 1.16 bits per heavy atom. The molecule has 0 bridgehead atoms. The average Bonchev–Trinajstić information content (AvgIpc) is 3.59. The maximum Gasteiger partial charge on any atom is 0.137 e. The van der Waals surface area contributed by atoms with E-state index in [9.17, 15) is 4.79 Å². The van der Waals surface area contributed by atoms with Crippen LogP contribution in [0.2, 0.25) is 0 Å². The van der Waals surface area contributed by atoms with Crippen LogP contribution in [0.3, 0.4) is 0 Å². The fraction of sp³-hybridized carbons (Fsp3) is 0.656. The molecule has 0 aromatic carbocycles. The van der Waals surface area contributed by atoms with Crippen LogP contribution in [0.15, 0.2) is 29.6 Å². The van der Waals surface area contributed by atoms with E-state index in [1.54, 1.807) is 47.0 Å². The van der Waals surface area contributed by atoms with Gasteiger partial charge in [-0.2, -0.15) is 0 Å². The van der Waals surface area contributed by atoms with Crippen molar-refractivity contribution in [1.82, 2.24) is 0 Å². The van der Waals surface area contributed by atoms with Gasteiger partial charge in [0, 0.05) is 30.6 Å². The normalized spacial score (nSPS) is 14.4. The van der Waals surface area contributed by atoms with Crippen molar-refractivity contribution in [3.8, 4) is 23.7 Å². The molecule has 0 aromatic heterocycles. The number of hydrogen-bond acceptors (Lipinski definition) is 5. The van der Waals surface area contributed by atoms with Gasteiger partial charge >= 0.3 is 0 Å². The maximum atomic E-state index is 12.3. The smallest absolute Gasteiger partial charge is 0.137 e. The van der Waals surface area contributed by atoms with Gasteiger partial charge in [-0.15, -0.1) is 0 Å². The minimum atomic E-state index is 0.389. The molecule has 204 valence electrons. The minimum Gasteiger partial charge on any atom is -0.299 e. The van der Waals surface area contributed by atoms with E-state index >= 15 is 0 Å². The second-order valence-electron chi connectivity index (χ2n) is 9.76. The van der Waals surface area contributed by atoms with Gasteiger partial charge in [0.15, 0.2) is 0 Å². The fourth-order valence-corrected chi connectivity index (χ4v) is 8.72. The van der Waals surface area contributed by atoms with Gasteiger partial charge < -0.3 is 0 Å². The van der Waals surface area contributed by atoms with E-state index in [-0.39, 0.29) is 0 Å². The third-order valence-corrected chi connectivity index (χ3v) is 11.4. The first-order chi connectivity index (χ1) is 18.3. The van der Waals surface area contributed by atoms with Crippen LogP contribution in [-0.4, -0.2) is 5.78 Å². The van der Waals surface area contributed by atoms with Crippen LogP contribution in [0.4, 0.5) is 0 Å². The van der Waals surface area contributed by atoms with Crippen molar-refractivity contribution >= 4 is 52.8 Å². The van der Waals surface area contributed by atoms with E-state index in [4.69, 9.17) is 0 Å². The molecule has 1 nitrogen and oxygen atoms in total. The summed E-state index contributed by atoms with van der Waals surface area (Å²) in [5.74, 6) is 12.9. The molecule has 0 radical (unpaired) electrons. The molecule has 0 saturated heterocycles. The molecule has 0 amide bonds. The summed E-state index contributed by atoms with van der Waals surface area (Å²) in [7, 11) is 0. The first kappa shape index (κ1) is 32.6. The summed E-state index contributed by atoms with van der Waals surface area (Å²) in [5, 5.41) is 6.42. The van der Waals surface area contributed by atoms with Gasteiger partial charge in [-0.05, 0) is 47.3 Å². The van der Waals surface area contributed by atoms with E-state index in [1.165, 1.54) is 103 Å². The van der Waals surface area contributed by atoms with Crippen LogP contribution < -0.4 is 0 Å². The Morgan fingerprint density at radius 3 is 1.73 bits per heavy atom. The van der Waals surface area contributed by atoms with E-state index < -0.39 is 0 Å². The lowest BCUT2D eigenvalue weighted by Crippen LogP contribution is -1.97. The largest absolute Gasteiger partial charge is 0.299 e. The monoisotopic (exact) mass is 574 g/mol. The Morgan fingerprint density at radius 1 is 0.649 bits per heavy atom. The Kier molecular flexibility index (Phi) is 20.6. The van der Waals surface area contributed by atoms with Crippen molar-refractivity contribution in [3.05, 3.63) is 29.6 Å². The molecular weight excluding hydrogens is 529 g/mol. The van der Waals surface area contributed by atoms with Crippen molar-refractivity contribution in [2.24, 2.45) is 0 Å². The van der Waals surface area contributed by atoms with Crippen molar-refractivity contribution in [3.63, 3.8) is 0 Å². The third kappa shape index (κ3) is 17.6. The molecule has 5 heteroatoms. The Balaban J connectivity index is 1.32. The lowest BCUT2D eigenvalue weighted by Gasteiger charge is -2.03. The van der Waals surface area contributed by atoms with Crippen LogP contribution in [0, 0.1) is 23.7 Å². The summed E-state index contributed by atoms with van der Waals surface area (Å²) >= 11 is 7.13. The quantitative estimate of drug-likeness (QED) is 0.106. The number of thioether (sulfide) groups is 4. The topological polar surface area (TPSA) is 17.1 Å². The minimum absolute atomic E-state index is 0.389. The van der Waals surface area contributed by atoms with Crippen LogP contribution in [0.1, 0.15) is 135 Å². The molecule has 2 aliphatic rings. The molecule has 0 spiro atoms. The highest BCUT2D eigenvalue weighted by Gasteiger charge is 2.20. The first-order valence-corrected chi connectivity index (χ1v) is 18.0. The lowest BCUT2D eigenvalue weighted by atomic mass is 10.1. The van der Waals surface area contributed by atoms with Crippen LogP contribution >= 0.6 is 47.0 Å². The van der Waals surface area contributed by atoms with Gasteiger partial charge in [0.05, 0.1) is 8.47 Å². The molecule has 37 heavy (non-hydrogen) atoms. The Bertz CT molecular complexity index is 853. The third-order valence-electron chi connectivity index (χ3n) is 6.37. The number of carbonyl (C=O) groups excluding carboxylic acids is 1. The Labute approximate surface area is 245 Å². The zero-order valence-corrected chi connectivity index (χ0v) is 26.2. The Hall–Kier alpha value is -0.590. The number of carbonyl (C=O) groups is 1. The van der Waals surface area contributed by atoms with E-state index in [2.05, 4.69) is 46.8 Å². The first-order valence-electron chi connectivity index (χ1n) is 14.5. The lowest BCUT2D eigenvalue weighted by molar-refractivity contribution is -0.118. The highest BCUT2D eigenvalue weighted by atomic mass is 32.2. The molecule has 0 aromatic rings. The van der Waals surface area contributed by atoms with Crippen molar-refractivity contribution in [2.75, 3.05) is 0 Å². The van der Waals surface area contributed by atoms with Gasteiger partial charge in [0.2, 0.25) is 0 Å². The van der Waals surface area contributed by atoms with Crippen LogP contribution in [-0.2, 0) is 4.79 Å². The SMILES string of the molecule is CCCCCCCCCCCCC#CC#CCCCCCCCCC(=O)CC1=CSC(=C2SC=CS2)S1. The van der Waals surface area contributed by atoms with Crippen LogP contribution in [0.5, 0.6) is 0 Å². The second kappa shape index (κ2) is 23.3. The summed E-state index contributed by atoms with van der Waals surface area (Å²) in [4.78, 5) is 13.5. The highest BCUT2D eigenvalue weighted by molar-refractivity contribution is 8.33. The molecular formula is C32H46OS4. The van der Waals surface area contributed by atoms with Gasteiger partial charge in [-0.1, -0.05) is 149 Å². The molecule has 0 aliphatic carbocycles. The standard InChI is InChI=1S/C32H46OS4/c1-2-3-4-5-6-7-8-9-10-11-12-13-14-15-16-17-18-19-20-21-22-23-24-29(33)27-30-28-36-32(37-30)31-34-25-26-35-31/h25-26,28H,2-12,17-24,27H2,1H3. The summed E-state index contributed by atoms with van der Waals surface area (Å²) in [6, 6.07) is 0. The van der Waals surface area contributed by atoms with Gasteiger partial charge in [0.25, 0.3) is 0 Å². The molecule has 0 saturated carbocycles. The number of ketones is 1. The van der Waals surface area contributed by atoms with Crippen molar-refractivity contribution < 1.29 is 4.79 Å².